The lowest BCUT2D eigenvalue weighted by Gasteiger charge is -2.13. The van der Waals surface area contributed by atoms with E-state index >= 15 is 0 Å². The minimum Gasteiger partial charge on any atom is -0.478 e. The summed E-state index contributed by atoms with van der Waals surface area (Å²) in [4.78, 5) is 37.3. The lowest BCUT2D eigenvalue weighted by molar-refractivity contribution is 0.0691. The first-order valence-corrected chi connectivity index (χ1v) is 7.12. The molecule has 24 heavy (non-hydrogen) atoms. The highest BCUT2D eigenvalue weighted by molar-refractivity contribution is 6.11. The SMILES string of the molecule is CCn1ncc(NC(=O)c2c(C(=O)O)cnn2C)c1C(=O)N(C)C. The van der Waals surface area contributed by atoms with Gasteiger partial charge < -0.3 is 15.3 Å². The summed E-state index contributed by atoms with van der Waals surface area (Å²) in [6, 6.07) is 0. The molecular formula is C14H18N6O4. The fraction of sp³-hybridized carbons (Fsp3) is 0.357. The van der Waals surface area contributed by atoms with Gasteiger partial charge in [0.25, 0.3) is 11.8 Å². The number of carbonyl (C=O) groups is 3. The van der Waals surface area contributed by atoms with Crippen LogP contribution in [0, 0.1) is 0 Å². The van der Waals surface area contributed by atoms with Crippen LogP contribution in [0.1, 0.15) is 38.3 Å². The summed E-state index contributed by atoms with van der Waals surface area (Å²) in [6.07, 6.45) is 2.45. The van der Waals surface area contributed by atoms with Gasteiger partial charge in [0.2, 0.25) is 0 Å². The maximum atomic E-state index is 12.5. The molecule has 0 unspecified atom stereocenters. The van der Waals surface area contributed by atoms with Gasteiger partial charge in [-0.2, -0.15) is 10.2 Å². The molecule has 2 rings (SSSR count). The quantitative estimate of drug-likeness (QED) is 0.810. The third-order valence-corrected chi connectivity index (χ3v) is 3.38. The number of carboxylic acids is 1. The number of aromatic carboxylic acids is 1. The standard InChI is InChI=1S/C14H18N6O4/c1-5-20-11(13(22)18(2)3)9(7-16-20)17-12(21)10-8(14(23)24)6-15-19(10)4/h6-7H,5H2,1-4H3,(H,17,21)(H,23,24). The molecular weight excluding hydrogens is 316 g/mol. The number of amides is 2. The third kappa shape index (κ3) is 2.98. The Kier molecular flexibility index (Phi) is 4.67. The molecule has 0 spiro atoms. The van der Waals surface area contributed by atoms with Gasteiger partial charge in [-0.1, -0.05) is 0 Å². The van der Waals surface area contributed by atoms with E-state index in [1.54, 1.807) is 14.1 Å². The summed E-state index contributed by atoms with van der Waals surface area (Å²) in [7, 11) is 4.64. The number of carboxylic acid groups (broad SMARTS) is 1. The molecule has 0 aromatic carbocycles. The molecule has 0 saturated carbocycles. The molecule has 0 aliphatic rings. The first-order valence-electron chi connectivity index (χ1n) is 7.12. The molecule has 0 aliphatic heterocycles. The number of rotatable bonds is 5. The molecule has 2 amide bonds. The van der Waals surface area contributed by atoms with Crippen molar-refractivity contribution in [3.8, 4) is 0 Å². The molecule has 0 aliphatic carbocycles. The second kappa shape index (κ2) is 6.52. The molecule has 2 aromatic rings. The van der Waals surface area contributed by atoms with Crippen molar-refractivity contribution < 1.29 is 19.5 Å². The van der Waals surface area contributed by atoms with Gasteiger partial charge in [0, 0.05) is 27.7 Å². The molecule has 0 saturated heterocycles. The average molecular weight is 334 g/mol. The van der Waals surface area contributed by atoms with Crippen LogP contribution in [-0.4, -0.2) is 61.4 Å². The molecule has 0 atom stereocenters. The van der Waals surface area contributed by atoms with Gasteiger partial charge in [-0.25, -0.2) is 4.79 Å². The summed E-state index contributed by atoms with van der Waals surface area (Å²) in [5.74, 6) is -2.27. The van der Waals surface area contributed by atoms with Crippen LogP contribution in [0.4, 0.5) is 5.69 Å². The molecule has 0 fully saturated rings. The van der Waals surface area contributed by atoms with E-state index in [0.717, 1.165) is 10.9 Å². The van der Waals surface area contributed by atoms with Gasteiger partial charge in [0.1, 0.15) is 17.0 Å². The zero-order valence-electron chi connectivity index (χ0n) is 13.8. The fourth-order valence-electron chi connectivity index (χ4n) is 2.20. The van der Waals surface area contributed by atoms with E-state index in [0.29, 0.717) is 6.54 Å². The molecule has 0 bridgehead atoms. The Bertz CT molecular complexity index is 804. The zero-order chi connectivity index (χ0) is 18.0. The average Bonchev–Trinajstić information content (AvgIpc) is 3.09. The van der Waals surface area contributed by atoms with Gasteiger partial charge in [-0.15, -0.1) is 0 Å². The maximum absolute atomic E-state index is 12.5. The second-order valence-electron chi connectivity index (χ2n) is 5.21. The van der Waals surface area contributed by atoms with Crippen molar-refractivity contribution in [2.24, 2.45) is 7.05 Å². The van der Waals surface area contributed by atoms with Crippen molar-refractivity contribution in [3.63, 3.8) is 0 Å². The molecule has 0 radical (unpaired) electrons. The van der Waals surface area contributed by atoms with Crippen molar-refractivity contribution in [1.82, 2.24) is 24.5 Å². The third-order valence-electron chi connectivity index (χ3n) is 3.38. The van der Waals surface area contributed by atoms with Crippen molar-refractivity contribution in [2.75, 3.05) is 19.4 Å². The molecule has 10 nitrogen and oxygen atoms in total. The Morgan fingerprint density at radius 1 is 1.21 bits per heavy atom. The highest BCUT2D eigenvalue weighted by Gasteiger charge is 2.25. The summed E-state index contributed by atoms with van der Waals surface area (Å²) >= 11 is 0. The van der Waals surface area contributed by atoms with Gasteiger partial charge in [-0.05, 0) is 6.92 Å². The molecule has 10 heteroatoms. The van der Waals surface area contributed by atoms with Gasteiger partial charge in [-0.3, -0.25) is 19.0 Å². The first-order chi connectivity index (χ1) is 11.3. The summed E-state index contributed by atoms with van der Waals surface area (Å²) in [5.41, 5.74) is 0.0846. The highest BCUT2D eigenvalue weighted by atomic mass is 16.4. The van der Waals surface area contributed by atoms with E-state index in [1.165, 1.54) is 22.8 Å². The van der Waals surface area contributed by atoms with Gasteiger partial charge >= 0.3 is 5.97 Å². The minimum atomic E-state index is -1.26. The molecule has 128 valence electrons. The Labute approximate surface area is 137 Å². The maximum Gasteiger partial charge on any atom is 0.339 e. The predicted molar refractivity (Wildman–Crippen MR) is 84.0 cm³/mol. The smallest absolute Gasteiger partial charge is 0.339 e. The fourth-order valence-corrected chi connectivity index (χ4v) is 2.20. The van der Waals surface area contributed by atoms with E-state index in [2.05, 4.69) is 15.5 Å². The van der Waals surface area contributed by atoms with Crippen LogP contribution in [0.3, 0.4) is 0 Å². The number of nitrogens with one attached hydrogen (secondary N) is 1. The van der Waals surface area contributed by atoms with Crippen LogP contribution in [0.2, 0.25) is 0 Å². The van der Waals surface area contributed by atoms with Gasteiger partial charge in [0.05, 0.1) is 18.1 Å². The van der Waals surface area contributed by atoms with E-state index in [1.807, 2.05) is 6.92 Å². The van der Waals surface area contributed by atoms with E-state index in [9.17, 15) is 14.4 Å². The van der Waals surface area contributed by atoms with Gasteiger partial charge in [0.15, 0.2) is 0 Å². The van der Waals surface area contributed by atoms with E-state index < -0.39 is 11.9 Å². The van der Waals surface area contributed by atoms with Crippen molar-refractivity contribution >= 4 is 23.5 Å². The number of anilines is 1. The lowest BCUT2D eigenvalue weighted by atomic mass is 10.2. The van der Waals surface area contributed by atoms with Crippen LogP contribution >= 0.6 is 0 Å². The summed E-state index contributed by atoms with van der Waals surface area (Å²) < 4.78 is 2.62. The lowest BCUT2D eigenvalue weighted by Crippen LogP contribution is -2.27. The number of hydrogen-bond donors (Lipinski definition) is 2. The van der Waals surface area contributed by atoms with Crippen molar-refractivity contribution in [3.05, 3.63) is 29.3 Å². The van der Waals surface area contributed by atoms with E-state index in [-0.39, 0.29) is 28.5 Å². The number of carbonyl (C=O) groups excluding carboxylic acids is 2. The Balaban J connectivity index is 2.41. The first kappa shape index (κ1) is 17.2. The van der Waals surface area contributed by atoms with Crippen LogP contribution < -0.4 is 5.32 Å². The number of nitrogens with zero attached hydrogens (tertiary/aromatic N) is 5. The highest BCUT2D eigenvalue weighted by Crippen LogP contribution is 2.19. The van der Waals surface area contributed by atoms with Crippen LogP contribution in [-0.2, 0) is 13.6 Å². The monoisotopic (exact) mass is 334 g/mol. The van der Waals surface area contributed by atoms with Crippen LogP contribution in [0.25, 0.3) is 0 Å². The Morgan fingerprint density at radius 3 is 2.42 bits per heavy atom. The van der Waals surface area contributed by atoms with Crippen LogP contribution in [0.5, 0.6) is 0 Å². The number of aromatic nitrogens is 4. The second-order valence-corrected chi connectivity index (χ2v) is 5.21. The molecule has 2 N–H and O–H groups in total. The minimum absolute atomic E-state index is 0.116. The molecule has 2 heterocycles. The predicted octanol–water partition coefficient (Wildman–Crippen LogP) is 0.289. The summed E-state index contributed by atoms with van der Waals surface area (Å²) in [5, 5.41) is 19.5. The number of aryl methyl sites for hydroxylation is 2. The van der Waals surface area contributed by atoms with Crippen molar-refractivity contribution in [1.29, 1.82) is 0 Å². The Hall–Kier alpha value is -3.17. The summed E-state index contributed by atoms with van der Waals surface area (Å²) in [6.45, 7) is 2.26. The topological polar surface area (TPSA) is 122 Å². The Morgan fingerprint density at radius 2 is 1.88 bits per heavy atom. The largest absolute Gasteiger partial charge is 0.478 e. The number of hydrogen-bond acceptors (Lipinski definition) is 5. The van der Waals surface area contributed by atoms with Crippen LogP contribution in [0.15, 0.2) is 12.4 Å². The van der Waals surface area contributed by atoms with E-state index in [4.69, 9.17) is 5.11 Å². The normalized spacial score (nSPS) is 10.5. The van der Waals surface area contributed by atoms with Crippen molar-refractivity contribution in [2.45, 2.75) is 13.5 Å². The zero-order valence-corrected chi connectivity index (χ0v) is 13.8. The molecule has 2 aromatic heterocycles.